The van der Waals surface area contributed by atoms with Crippen molar-refractivity contribution in [1.82, 2.24) is 0 Å². The second-order valence-corrected chi connectivity index (χ2v) is 7.21. The molecule has 2 amide bonds. The molecule has 0 unspecified atom stereocenters. The second kappa shape index (κ2) is 6.73. The van der Waals surface area contributed by atoms with Crippen molar-refractivity contribution in [3.8, 4) is 0 Å². The lowest BCUT2D eigenvalue weighted by Gasteiger charge is -2.21. The molecule has 124 valence electrons. The molecule has 2 aliphatic rings. The lowest BCUT2D eigenvalue weighted by Crippen LogP contribution is -2.33. The van der Waals surface area contributed by atoms with Crippen LogP contribution in [0, 0.1) is 11.8 Å². The summed E-state index contributed by atoms with van der Waals surface area (Å²) < 4.78 is 0. The van der Waals surface area contributed by atoms with Crippen molar-refractivity contribution in [2.45, 2.75) is 52.4 Å². The minimum absolute atomic E-state index is 0.0339. The van der Waals surface area contributed by atoms with Crippen LogP contribution in [-0.2, 0) is 16.0 Å². The van der Waals surface area contributed by atoms with Crippen LogP contribution in [0.4, 0.5) is 11.4 Å². The van der Waals surface area contributed by atoms with Crippen molar-refractivity contribution in [3.63, 3.8) is 0 Å². The molecule has 4 nitrogen and oxygen atoms in total. The first-order valence-electron chi connectivity index (χ1n) is 8.78. The molecule has 1 saturated carbocycles. The minimum Gasteiger partial charge on any atom is -0.326 e. The van der Waals surface area contributed by atoms with Gasteiger partial charge in [0.25, 0.3) is 0 Å². The highest BCUT2D eigenvalue weighted by Crippen LogP contribution is 2.35. The van der Waals surface area contributed by atoms with E-state index in [1.54, 1.807) is 0 Å². The van der Waals surface area contributed by atoms with Gasteiger partial charge in [-0.2, -0.15) is 0 Å². The third-order valence-corrected chi connectivity index (χ3v) is 4.83. The van der Waals surface area contributed by atoms with Gasteiger partial charge in [-0.05, 0) is 42.9 Å². The molecule has 1 aliphatic heterocycles. The Bertz CT molecular complexity index is 603. The molecule has 1 aliphatic carbocycles. The maximum atomic E-state index is 12.7. The molecule has 0 atom stereocenters. The summed E-state index contributed by atoms with van der Waals surface area (Å²) in [5.74, 6) is 0.837. The number of rotatable bonds is 4. The topological polar surface area (TPSA) is 49.4 Å². The number of amides is 2. The Morgan fingerprint density at radius 2 is 2.00 bits per heavy atom. The standard InChI is InChI=1S/C19H26N2O2/c1-13(2)11-18(22)20-16-8-7-14-9-10-21(17(14)12-16)19(23)15-5-3-4-6-15/h7-8,12-13,15H,3-6,9-11H2,1-2H3,(H,20,22). The summed E-state index contributed by atoms with van der Waals surface area (Å²) in [6.07, 6.45) is 5.81. The van der Waals surface area contributed by atoms with E-state index in [0.29, 0.717) is 12.3 Å². The van der Waals surface area contributed by atoms with E-state index in [0.717, 1.165) is 37.2 Å². The number of anilines is 2. The normalized spacial score (nSPS) is 17.6. The molecule has 3 rings (SSSR count). The van der Waals surface area contributed by atoms with Crippen molar-refractivity contribution in [2.75, 3.05) is 16.8 Å². The van der Waals surface area contributed by atoms with Crippen LogP contribution in [-0.4, -0.2) is 18.4 Å². The van der Waals surface area contributed by atoms with Crippen molar-refractivity contribution in [3.05, 3.63) is 23.8 Å². The zero-order chi connectivity index (χ0) is 16.4. The van der Waals surface area contributed by atoms with Crippen LogP contribution in [0.15, 0.2) is 18.2 Å². The van der Waals surface area contributed by atoms with E-state index in [2.05, 4.69) is 5.32 Å². The van der Waals surface area contributed by atoms with Gasteiger partial charge in [0.05, 0.1) is 0 Å². The predicted molar refractivity (Wildman–Crippen MR) is 92.5 cm³/mol. The zero-order valence-electron chi connectivity index (χ0n) is 14.1. The summed E-state index contributed by atoms with van der Waals surface area (Å²) >= 11 is 0. The quantitative estimate of drug-likeness (QED) is 0.920. The van der Waals surface area contributed by atoms with Crippen molar-refractivity contribution >= 4 is 23.2 Å². The van der Waals surface area contributed by atoms with Gasteiger partial charge >= 0.3 is 0 Å². The fraction of sp³-hybridized carbons (Fsp3) is 0.579. The van der Waals surface area contributed by atoms with Gasteiger partial charge in [-0.15, -0.1) is 0 Å². The molecule has 1 aromatic carbocycles. The molecule has 1 fully saturated rings. The van der Waals surface area contributed by atoms with Crippen molar-refractivity contribution < 1.29 is 9.59 Å². The third-order valence-electron chi connectivity index (χ3n) is 4.83. The van der Waals surface area contributed by atoms with Crippen molar-refractivity contribution in [1.29, 1.82) is 0 Å². The van der Waals surface area contributed by atoms with E-state index < -0.39 is 0 Å². The number of hydrogen-bond acceptors (Lipinski definition) is 2. The lowest BCUT2D eigenvalue weighted by atomic mass is 10.1. The highest BCUT2D eigenvalue weighted by Gasteiger charge is 2.31. The molecule has 1 aromatic rings. The number of hydrogen-bond donors (Lipinski definition) is 1. The van der Waals surface area contributed by atoms with Crippen LogP contribution in [0.5, 0.6) is 0 Å². The fourth-order valence-electron chi connectivity index (χ4n) is 3.66. The van der Waals surface area contributed by atoms with Crippen molar-refractivity contribution in [2.24, 2.45) is 11.8 Å². The summed E-state index contributed by atoms with van der Waals surface area (Å²) in [5.41, 5.74) is 2.99. The molecule has 0 aromatic heterocycles. The van der Waals surface area contributed by atoms with Gasteiger partial charge in [0.15, 0.2) is 0 Å². The lowest BCUT2D eigenvalue weighted by molar-refractivity contribution is -0.122. The highest BCUT2D eigenvalue weighted by molar-refractivity contribution is 5.98. The first-order chi connectivity index (χ1) is 11.0. The molecular formula is C19H26N2O2. The van der Waals surface area contributed by atoms with Crippen LogP contribution in [0.3, 0.4) is 0 Å². The Kier molecular flexibility index (Phi) is 4.69. The number of fused-ring (bicyclic) bond motifs is 1. The van der Waals surface area contributed by atoms with E-state index in [1.165, 1.54) is 18.4 Å². The maximum absolute atomic E-state index is 12.7. The van der Waals surface area contributed by atoms with Gasteiger partial charge in [-0.25, -0.2) is 0 Å². The molecule has 4 heteroatoms. The number of nitrogens with one attached hydrogen (secondary N) is 1. The Balaban J connectivity index is 1.74. The summed E-state index contributed by atoms with van der Waals surface area (Å²) in [6, 6.07) is 5.95. The van der Waals surface area contributed by atoms with Gasteiger partial charge in [0.1, 0.15) is 0 Å². The Morgan fingerprint density at radius 3 is 2.70 bits per heavy atom. The highest BCUT2D eigenvalue weighted by atomic mass is 16.2. The van der Waals surface area contributed by atoms with Gasteiger partial charge in [0, 0.05) is 30.3 Å². The Hall–Kier alpha value is -1.84. The van der Waals surface area contributed by atoms with E-state index in [4.69, 9.17) is 0 Å². The monoisotopic (exact) mass is 314 g/mol. The van der Waals surface area contributed by atoms with Gasteiger partial charge in [0.2, 0.25) is 11.8 Å². The van der Waals surface area contributed by atoms with Gasteiger partial charge < -0.3 is 10.2 Å². The van der Waals surface area contributed by atoms with E-state index >= 15 is 0 Å². The second-order valence-electron chi connectivity index (χ2n) is 7.21. The third kappa shape index (κ3) is 3.57. The minimum atomic E-state index is 0.0339. The molecule has 0 bridgehead atoms. The average molecular weight is 314 g/mol. The molecule has 1 heterocycles. The summed E-state index contributed by atoms with van der Waals surface area (Å²) in [5, 5.41) is 2.96. The van der Waals surface area contributed by atoms with Crippen LogP contribution < -0.4 is 10.2 Å². The van der Waals surface area contributed by atoms with E-state index in [1.807, 2.05) is 36.9 Å². The SMILES string of the molecule is CC(C)CC(=O)Nc1ccc2c(c1)N(C(=O)C1CCCC1)CC2. The first-order valence-corrected chi connectivity index (χ1v) is 8.78. The first kappa shape index (κ1) is 16.0. The van der Waals surface area contributed by atoms with Crippen LogP contribution in [0.1, 0.15) is 51.5 Å². The molecule has 0 radical (unpaired) electrons. The summed E-state index contributed by atoms with van der Waals surface area (Å²) in [6.45, 7) is 4.84. The smallest absolute Gasteiger partial charge is 0.230 e. The predicted octanol–water partition coefficient (Wildman–Crippen LogP) is 3.75. The number of carbonyl (C=O) groups excluding carboxylic acids is 2. The molecule has 23 heavy (non-hydrogen) atoms. The summed E-state index contributed by atoms with van der Waals surface area (Å²) in [4.78, 5) is 26.6. The number of carbonyl (C=O) groups is 2. The largest absolute Gasteiger partial charge is 0.326 e. The summed E-state index contributed by atoms with van der Waals surface area (Å²) in [7, 11) is 0. The molecule has 0 spiro atoms. The van der Waals surface area contributed by atoms with Crippen LogP contribution in [0.2, 0.25) is 0 Å². The number of nitrogens with zero attached hydrogens (tertiary/aromatic N) is 1. The van der Waals surface area contributed by atoms with Crippen LogP contribution in [0.25, 0.3) is 0 Å². The molecule has 0 saturated heterocycles. The Morgan fingerprint density at radius 1 is 1.26 bits per heavy atom. The van der Waals surface area contributed by atoms with E-state index in [9.17, 15) is 9.59 Å². The van der Waals surface area contributed by atoms with Gasteiger partial charge in [-0.3, -0.25) is 9.59 Å². The molecular weight excluding hydrogens is 288 g/mol. The van der Waals surface area contributed by atoms with E-state index in [-0.39, 0.29) is 17.7 Å². The Labute approximate surface area is 138 Å². The van der Waals surface area contributed by atoms with Gasteiger partial charge in [-0.1, -0.05) is 32.8 Å². The molecule has 1 N–H and O–H groups in total. The zero-order valence-corrected chi connectivity index (χ0v) is 14.1. The average Bonchev–Trinajstić information content (AvgIpc) is 3.15. The maximum Gasteiger partial charge on any atom is 0.230 e. The van der Waals surface area contributed by atoms with Crippen LogP contribution >= 0.6 is 0 Å². The number of benzene rings is 1. The fourth-order valence-corrected chi connectivity index (χ4v) is 3.66.